The van der Waals surface area contributed by atoms with Crippen LogP contribution >= 0.6 is 0 Å². The lowest BCUT2D eigenvalue weighted by Gasteiger charge is -2.21. The fraction of sp³-hybridized carbons (Fsp3) is 0.385. The molecule has 1 aliphatic heterocycles. The Kier molecular flexibility index (Phi) is 3.13. The van der Waals surface area contributed by atoms with E-state index in [4.69, 9.17) is 5.11 Å². The van der Waals surface area contributed by atoms with E-state index in [-0.39, 0.29) is 11.8 Å². The lowest BCUT2D eigenvalue weighted by Crippen LogP contribution is -2.28. The molecular weight excluding hydrogens is 218 g/mol. The minimum absolute atomic E-state index is 0.0260. The molecule has 1 amide bonds. The first-order valence-corrected chi connectivity index (χ1v) is 5.70. The van der Waals surface area contributed by atoms with Crippen LogP contribution in [0.15, 0.2) is 24.3 Å². The van der Waals surface area contributed by atoms with Gasteiger partial charge in [0.05, 0.1) is 6.04 Å². The third-order valence-corrected chi connectivity index (χ3v) is 3.20. The van der Waals surface area contributed by atoms with Crippen LogP contribution < -0.4 is 0 Å². The van der Waals surface area contributed by atoms with Gasteiger partial charge in [-0.15, -0.1) is 0 Å². The summed E-state index contributed by atoms with van der Waals surface area (Å²) in [6, 6.07) is 7.16. The molecule has 1 atom stereocenters. The highest BCUT2D eigenvalue weighted by atomic mass is 16.4. The second-order valence-corrected chi connectivity index (χ2v) is 4.31. The smallest absolute Gasteiger partial charge is 0.407 e. The zero-order chi connectivity index (χ0) is 12.4. The van der Waals surface area contributed by atoms with Crippen LogP contribution in [0.4, 0.5) is 4.79 Å². The lowest BCUT2D eigenvalue weighted by atomic mass is 10.0. The van der Waals surface area contributed by atoms with Gasteiger partial charge in [-0.2, -0.15) is 0 Å². The third-order valence-electron chi connectivity index (χ3n) is 3.20. The van der Waals surface area contributed by atoms with Crippen LogP contribution in [0.3, 0.4) is 0 Å². The van der Waals surface area contributed by atoms with E-state index in [0.29, 0.717) is 12.1 Å². The maximum atomic E-state index is 11.1. The fourth-order valence-corrected chi connectivity index (χ4v) is 2.28. The molecule has 1 saturated heterocycles. The Morgan fingerprint density at radius 3 is 2.47 bits per heavy atom. The quantitative estimate of drug-likeness (QED) is 0.799. The van der Waals surface area contributed by atoms with Gasteiger partial charge in [-0.05, 0) is 25.3 Å². The number of carbonyl (C=O) groups is 2. The summed E-state index contributed by atoms with van der Waals surface area (Å²) in [4.78, 5) is 23.6. The predicted octanol–water partition coefficient (Wildman–Crippen LogP) is 2.70. The van der Waals surface area contributed by atoms with Crippen molar-refractivity contribution in [2.75, 3.05) is 6.54 Å². The lowest BCUT2D eigenvalue weighted by molar-refractivity contribution is 0.101. The second-order valence-electron chi connectivity index (χ2n) is 4.31. The number of amides is 1. The monoisotopic (exact) mass is 233 g/mol. The Morgan fingerprint density at radius 1 is 1.29 bits per heavy atom. The molecule has 1 fully saturated rings. The number of rotatable bonds is 2. The molecule has 0 spiro atoms. The van der Waals surface area contributed by atoms with E-state index in [2.05, 4.69) is 0 Å². The highest BCUT2D eigenvalue weighted by Gasteiger charge is 2.29. The molecule has 1 aromatic carbocycles. The number of Topliss-reactive ketones (excluding diaryl/α,β-unsaturated/α-hetero) is 1. The second kappa shape index (κ2) is 4.57. The SMILES string of the molecule is CC(=O)c1ccc(C2CCCN2C(=O)O)cc1. The minimum Gasteiger partial charge on any atom is -0.465 e. The van der Waals surface area contributed by atoms with Gasteiger partial charge >= 0.3 is 6.09 Å². The minimum atomic E-state index is -0.872. The molecule has 1 heterocycles. The van der Waals surface area contributed by atoms with Crippen molar-refractivity contribution >= 4 is 11.9 Å². The number of ketones is 1. The van der Waals surface area contributed by atoms with Crippen molar-refractivity contribution in [2.24, 2.45) is 0 Å². The van der Waals surface area contributed by atoms with Crippen LogP contribution in [-0.4, -0.2) is 28.4 Å². The molecule has 0 aliphatic carbocycles. The summed E-state index contributed by atoms with van der Waals surface area (Å²) in [7, 11) is 0. The molecule has 1 unspecified atom stereocenters. The molecule has 17 heavy (non-hydrogen) atoms. The molecule has 4 heteroatoms. The van der Waals surface area contributed by atoms with Crippen LogP contribution in [0, 0.1) is 0 Å². The number of nitrogens with zero attached hydrogens (tertiary/aromatic N) is 1. The largest absolute Gasteiger partial charge is 0.465 e. The van der Waals surface area contributed by atoms with Crippen LogP contribution in [-0.2, 0) is 0 Å². The Labute approximate surface area is 99.9 Å². The standard InChI is InChI=1S/C13H15NO3/c1-9(15)10-4-6-11(7-5-10)12-3-2-8-14(12)13(16)17/h4-7,12H,2-3,8H2,1H3,(H,16,17). The topological polar surface area (TPSA) is 57.6 Å². The molecule has 0 saturated carbocycles. The Hall–Kier alpha value is -1.84. The Morgan fingerprint density at radius 2 is 1.94 bits per heavy atom. The molecule has 4 nitrogen and oxygen atoms in total. The van der Waals surface area contributed by atoms with Gasteiger partial charge in [0.1, 0.15) is 0 Å². The normalized spacial score (nSPS) is 19.4. The molecule has 0 radical (unpaired) electrons. The molecule has 1 aliphatic rings. The van der Waals surface area contributed by atoms with Crippen LogP contribution in [0.25, 0.3) is 0 Å². The van der Waals surface area contributed by atoms with E-state index in [0.717, 1.165) is 18.4 Å². The molecular formula is C13H15NO3. The number of hydrogen-bond acceptors (Lipinski definition) is 2. The number of hydrogen-bond donors (Lipinski definition) is 1. The van der Waals surface area contributed by atoms with Crippen LogP contribution in [0.5, 0.6) is 0 Å². The first kappa shape index (κ1) is 11.6. The fourth-order valence-electron chi connectivity index (χ4n) is 2.28. The Balaban J connectivity index is 2.22. The highest BCUT2D eigenvalue weighted by Crippen LogP contribution is 2.31. The van der Waals surface area contributed by atoms with Gasteiger partial charge in [-0.3, -0.25) is 4.79 Å². The highest BCUT2D eigenvalue weighted by molar-refractivity contribution is 5.94. The van der Waals surface area contributed by atoms with E-state index < -0.39 is 6.09 Å². The summed E-state index contributed by atoms with van der Waals surface area (Å²) in [5, 5.41) is 9.06. The molecule has 0 bridgehead atoms. The molecule has 90 valence electrons. The van der Waals surface area contributed by atoms with Crippen molar-refractivity contribution in [2.45, 2.75) is 25.8 Å². The summed E-state index contributed by atoms with van der Waals surface area (Å²) < 4.78 is 0. The van der Waals surface area contributed by atoms with Crippen molar-refractivity contribution in [1.29, 1.82) is 0 Å². The predicted molar refractivity (Wildman–Crippen MR) is 63.2 cm³/mol. The molecule has 2 rings (SSSR count). The zero-order valence-electron chi connectivity index (χ0n) is 9.72. The maximum Gasteiger partial charge on any atom is 0.407 e. The van der Waals surface area contributed by atoms with Gasteiger partial charge in [-0.25, -0.2) is 4.79 Å². The van der Waals surface area contributed by atoms with Gasteiger partial charge < -0.3 is 10.0 Å². The maximum absolute atomic E-state index is 11.1. The van der Waals surface area contributed by atoms with E-state index >= 15 is 0 Å². The van der Waals surface area contributed by atoms with E-state index in [9.17, 15) is 9.59 Å². The molecule has 0 aromatic heterocycles. The van der Waals surface area contributed by atoms with Gasteiger partial charge in [-0.1, -0.05) is 24.3 Å². The van der Waals surface area contributed by atoms with Crippen molar-refractivity contribution in [3.05, 3.63) is 35.4 Å². The van der Waals surface area contributed by atoms with Crippen molar-refractivity contribution < 1.29 is 14.7 Å². The first-order valence-electron chi connectivity index (χ1n) is 5.70. The van der Waals surface area contributed by atoms with E-state index in [1.165, 1.54) is 11.8 Å². The number of carboxylic acid groups (broad SMARTS) is 1. The third kappa shape index (κ3) is 2.30. The number of benzene rings is 1. The first-order chi connectivity index (χ1) is 8.09. The van der Waals surface area contributed by atoms with E-state index in [1.54, 1.807) is 12.1 Å². The Bertz CT molecular complexity index is 438. The van der Waals surface area contributed by atoms with Crippen molar-refractivity contribution in [1.82, 2.24) is 4.90 Å². The van der Waals surface area contributed by atoms with Gasteiger partial charge in [0.2, 0.25) is 0 Å². The van der Waals surface area contributed by atoms with Crippen molar-refractivity contribution in [3.63, 3.8) is 0 Å². The van der Waals surface area contributed by atoms with E-state index in [1.807, 2.05) is 12.1 Å². The van der Waals surface area contributed by atoms with Crippen LogP contribution in [0.1, 0.15) is 41.7 Å². The summed E-state index contributed by atoms with van der Waals surface area (Å²) in [5.74, 6) is 0.0260. The summed E-state index contributed by atoms with van der Waals surface area (Å²) in [6.07, 6.45) is 0.875. The van der Waals surface area contributed by atoms with Gasteiger partial charge in [0.25, 0.3) is 0 Å². The summed E-state index contributed by atoms with van der Waals surface area (Å²) >= 11 is 0. The van der Waals surface area contributed by atoms with Crippen molar-refractivity contribution in [3.8, 4) is 0 Å². The van der Waals surface area contributed by atoms with Crippen LogP contribution in [0.2, 0.25) is 0 Å². The average Bonchev–Trinajstić information content (AvgIpc) is 2.78. The summed E-state index contributed by atoms with van der Waals surface area (Å²) in [5.41, 5.74) is 1.63. The average molecular weight is 233 g/mol. The zero-order valence-corrected chi connectivity index (χ0v) is 9.72. The van der Waals surface area contributed by atoms with Gasteiger partial charge in [0, 0.05) is 12.1 Å². The molecule has 1 N–H and O–H groups in total. The summed E-state index contributed by atoms with van der Waals surface area (Å²) in [6.45, 7) is 2.11. The number of carbonyl (C=O) groups excluding carboxylic acids is 1. The van der Waals surface area contributed by atoms with Gasteiger partial charge in [0.15, 0.2) is 5.78 Å². The molecule has 1 aromatic rings. The number of likely N-dealkylation sites (tertiary alicyclic amines) is 1.